The Morgan fingerprint density at radius 3 is 2.90 bits per heavy atom. The third-order valence-corrected chi connectivity index (χ3v) is 4.47. The number of hydrazine groups is 1. The van der Waals surface area contributed by atoms with Crippen molar-refractivity contribution in [3.05, 3.63) is 33.8 Å². The first kappa shape index (κ1) is 16.0. The minimum absolute atomic E-state index is 0.0570. The summed E-state index contributed by atoms with van der Waals surface area (Å²) in [5.41, 5.74) is 3.97. The second-order valence-electron chi connectivity index (χ2n) is 5.03. The third-order valence-electron chi connectivity index (χ3n) is 3.73. The summed E-state index contributed by atoms with van der Waals surface area (Å²) < 4.78 is 5.85. The summed E-state index contributed by atoms with van der Waals surface area (Å²) in [4.78, 5) is 2.37. The number of benzene rings is 1. The highest BCUT2D eigenvalue weighted by Gasteiger charge is 2.27. The Morgan fingerprint density at radius 1 is 1.45 bits per heavy atom. The zero-order valence-electron chi connectivity index (χ0n) is 11.6. The summed E-state index contributed by atoms with van der Waals surface area (Å²) in [6.07, 6.45) is 0.846. The Labute approximate surface area is 130 Å². The zero-order valence-corrected chi connectivity index (χ0v) is 13.1. The highest BCUT2D eigenvalue weighted by molar-refractivity contribution is 6.42. The monoisotopic (exact) mass is 317 g/mol. The number of likely N-dealkylation sites (N-methyl/N-ethyl adjacent to an activating group) is 1. The molecule has 1 aliphatic rings. The van der Waals surface area contributed by atoms with Crippen molar-refractivity contribution >= 4 is 23.2 Å². The van der Waals surface area contributed by atoms with E-state index in [1.165, 1.54) is 0 Å². The van der Waals surface area contributed by atoms with E-state index in [0.29, 0.717) is 10.0 Å². The zero-order chi connectivity index (χ0) is 14.5. The lowest BCUT2D eigenvalue weighted by Gasteiger charge is -2.36. The van der Waals surface area contributed by atoms with Gasteiger partial charge in [0.1, 0.15) is 0 Å². The van der Waals surface area contributed by atoms with Crippen LogP contribution in [0.15, 0.2) is 18.2 Å². The van der Waals surface area contributed by atoms with Gasteiger partial charge in [0.25, 0.3) is 0 Å². The van der Waals surface area contributed by atoms with Crippen LogP contribution in [0, 0.1) is 0 Å². The standard InChI is InChI=1S/C14H21Cl2N3O/c1-2-19-5-6-20-14(9-19)13(18-17)8-10-3-4-11(15)12(16)7-10/h3-4,7,13-14,18H,2,5-6,8-9,17H2,1H3. The van der Waals surface area contributed by atoms with Crippen molar-refractivity contribution in [1.82, 2.24) is 10.3 Å². The summed E-state index contributed by atoms with van der Waals surface area (Å²) >= 11 is 12.0. The number of hydrogen-bond donors (Lipinski definition) is 2. The van der Waals surface area contributed by atoms with Gasteiger partial charge in [-0.25, -0.2) is 0 Å². The van der Waals surface area contributed by atoms with Gasteiger partial charge in [-0.05, 0) is 30.7 Å². The summed E-state index contributed by atoms with van der Waals surface area (Å²) in [6, 6.07) is 5.72. The molecular formula is C14H21Cl2N3O. The van der Waals surface area contributed by atoms with Crippen LogP contribution in [0.5, 0.6) is 0 Å². The van der Waals surface area contributed by atoms with Crippen LogP contribution in [0.3, 0.4) is 0 Å². The van der Waals surface area contributed by atoms with Gasteiger partial charge in [0, 0.05) is 13.1 Å². The van der Waals surface area contributed by atoms with Gasteiger partial charge in [0.05, 0.1) is 28.8 Å². The molecule has 2 atom stereocenters. The van der Waals surface area contributed by atoms with Crippen molar-refractivity contribution in [2.24, 2.45) is 5.84 Å². The van der Waals surface area contributed by atoms with Gasteiger partial charge in [0.15, 0.2) is 0 Å². The van der Waals surface area contributed by atoms with Crippen molar-refractivity contribution in [2.75, 3.05) is 26.2 Å². The maximum Gasteiger partial charge on any atom is 0.0871 e. The molecule has 2 unspecified atom stereocenters. The Morgan fingerprint density at radius 2 is 2.25 bits per heavy atom. The lowest BCUT2D eigenvalue weighted by Crippen LogP contribution is -2.54. The fourth-order valence-electron chi connectivity index (χ4n) is 2.48. The summed E-state index contributed by atoms with van der Waals surface area (Å²) in [5.74, 6) is 5.70. The SMILES string of the molecule is CCN1CCOC(C(Cc2ccc(Cl)c(Cl)c2)NN)C1. The van der Waals surface area contributed by atoms with Crippen molar-refractivity contribution in [1.29, 1.82) is 0 Å². The maximum atomic E-state index is 6.05. The molecule has 1 aromatic carbocycles. The lowest BCUT2D eigenvalue weighted by atomic mass is 10.0. The van der Waals surface area contributed by atoms with Crippen LogP contribution < -0.4 is 11.3 Å². The van der Waals surface area contributed by atoms with Gasteiger partial charge in [-0.15, -0.1) is 0 Å². The van der Waals surface area contributed by atoms with E-state index in [4.69, 9.17) is 33.8 Å². The van der Waals surface area contributed by atoms with E-state index in [9.17, 15) is 0 Å². The Kier molecular flexibility index (Phi) is 6.08. The highest BCUT2D eigenvalue weighted by Crippen LogP contribution is 2.24. The maximum absolute atomic E-state index is 6.05. The molecule has 0 bridgehead atoms. The average molecular weight is 318 g/mol. The molecule has 1 heterocycles. The summed E-state index contributed by atoms with van der Waals surface area (Å²) in [5, 5.41) is 1.14. The van der Waals surface area contributed by atoms with Gasteiger partial charge in [0.2, 0.25) is 0 Å². The molecule has 3 N–H and O–H groups in total. The molecule has 1 saturated heterocycles. The molecule has 1 aliphatic heterocycles. The van der Waals surface area contributed by atoms with Crippen molar-refractivity contribution < 1.29 is 4.74 Å². The molecule has 20 heavy (non-hydrogen) atoms. The van der Waals surface area contributed by atoms with Crippen LogP contribution in [0.4, 0.5) is 0 Å². The molecule has 1 aromatic rings. The van der Waals surface area contributed by atoms with E-state index in [-0.39, 0.29) is 12.1 Å². The highest BCUT2D eigenvalue weighted by atomic mass is 35.5. The van der Waals surface area contributed by atoms with Crippen molar-refractivity contribution in [3.63, 3.8) is 0 Å². The molecular weight excluding hydrogens is 297 g/mol. The molecule has 2 rings (SSSR count). The quantitative estimate of drug-likeness (QED) is 0.645. The van der Waals surface area contributed by atoms with Crippen LogP contribution in [0.25, 0.3) is 0 Å². The Bertz CT molecular complexity index is 444. The first-order chi connectivity index (χ1) is 9.63. The van der Waals surface area contributed by atoms with E-state index in [1.807, 2.05) is 18.2 Å². The van der Waals surface area contributed by atoms with Gasteiger partial charge in [-0.1, -0.05) is 36.2 Å². The van der Waals surface area contributed by atoms with E-state index in [1.54, 1.807) is 0 Å². The fraction of sp³-hybridized carbons (Fsp3) is 0.571. The number of hydrogen-bond acceptors (Lipinski definition) is 4. The van der Waals surface area contributed by atoms with E-state index in [0.717, 1.165) is 38.2 Å². The predicted octanol–water partition coefficient (Wildman–Crippen LogP) is 2.09. The van der Waals surface area contributed by atoms with Crippen LogP contribution >= 0.6 is 23.2 Å². The van der Waals surface area contributed by atoms with Gasteiger partial charge < -0.3 is 4.74 Å². The molecule has 0 amide bonds. The van der Waals surface area contributed by atoms with E-state index in [2.05, 4.69) is 17.2 Å². The molecule has 4 nitrogen and oxygen atoms in total. The Balaban J connectivity index is 2.02. The number of halogens is 2. The van der Waals surface area contributed by atoms with Crippen LogP contribution in [-0.2, 0) is 11.2 Å². The van der Waals surface area contributed by atoms with Gasteiger partial charge >= 0.3 is 0 Å². The molecule has 112 valence electrons. The second-order valence-corrected chi connectivity index (χ2v) is 5.84. The molecule has 0 saturated carbocycles. The number of rotatable bonds is 5. The van der Waals surface area contributed by atoms with Crippen molar-refractivity contribution in [2.45, 2.75) is 25.5 Å². The molecule has 0 radical (unpaired) electrons. The predicted molar refractivity (Wildman–Crippen MR) is 83.1 cm³/mol. The normalized spacial score (nSPS) is 21.9. The number of nitrogens with one attached hydrogen (secondary N) is 1. The number of morpholine rings is 1. The van der Waals surface area contributed by atoms with Crippen molar-refractivity contribution in [3.8, 4) is 0 Å². The lowest BCUT2D eigenvalue weighted by molar-refractivity contribution is -0.0447. The van der Waals surface area contributed by atoms with Crippen LogP contribution in [0.1, 0.15) is 12.5 Å². The topological polar surface area (TPSA) is 50.5 Å². The fourth-order valence-corrected chi connectivity index (χ4v) is 2.80. The van der Waals surface area contributed by atoms with E-state index < -0.39 is 0 Å². The number of nitrogens with zero attached hydrogens (tertiary/aromatic N) is 1. The Hall–Kier alpha value is -0.360. The first-order valence-electron chi connectivity index (χ1n) is 6.88. The molecule has 0 aromatic heterocycles. The van der Waals surface area contributed by atoms with E-state index >= 15 is 0 Å². The van der Waals surface area contributed by atoms with Crippen LogP contribution in [-0.4, -0.2) is 43.3 Å². The first-order valence-corrected chi connectivity index (χ1v) is 7.63. The molecule has 0 aliphatic carbocycles. The largest absolute Gasteiger partial charge is 0.374 e. The smallest absolute Gasteiger partial charge is 0.0871 e. The van der Waals surface area contributed by atoms with Crippen LogP contribution in [0.2, 0.25) is 10.0 Å². The van der Waals surface area contributed by atoms with Gasteiger partial charge in [-0.2, -0.15) is 0 Å². The molecule has 6 heteroatoms. The minimum atomic E-state index is 0.0570. The molecule has 1 fully saturated rings. The summed E-state index contributed by atoms with van der Waals surface area (Å²) in [7, 11) is 0. The average Bonchev–Trinajstić information content (AvgIpc) is 2.48. The number of ether oxygens (including phenoxy) is 1. The minimum Gasteiger partial charge on any atom is -0.374 e. The molecule has 0 spiro atoms. The number of nitrogens with two attached hydrogens (primary N) is 1. The summed E-state index contributed by atoms with van der Waals surface area (Å²) in [6.45, 7) is 5.82. The van der Waals surface area contributed by atoms with Gasteiger partial charge in [-0.3, -0.25) is 16.2 Å². The third kappa shape index (κ3) is 4.07. The second kappa shape index (κ2) is 7.59.